The molecule has 0 atom stereocenters. The molecule has 16 heavy (non-hydrogen) atoms. The second kappa shape index (κ2) is 5.29. The molecule has 0 heterocycles. The van der Waals surface area contributed by atoms with Crippen LogP contribution in [-0.2, 0) is 0 Å². The highest BCUT2D eigenvalue weighted by Gasteiger charge is 2.11. The zero-order valence-corrected chi connectivity index (χ0v) is 11.3. The largest absolute Gasteiger partial charge is 0.261 e. The summed E-state index contributed by atoms with van der Waals surface area (Å²) < 4.78 is 0. The lowest BCUT2D eigenvalue weighted by Gasteiger charge is -2.16. The van der Waals surface area contributed by atoms with Crippen LogP contribution in [-0.4, -0.2) is 6.21 Å². The number of benzene rings is 1. The molecule has 0 saturated carbocycles. The summed E-state index contributed by atoms with van der Waals surface area (Å²) in [7, 11) is 0. The molecule has 0 aliphatic rings. The first-order chi connectivity index (χ1) is 7.47. The van der Waals surface area contributed by atoms with E-state index in [1.54, 1.807) is 0 Å². The summed E-state index contributed by atoms with van der Waals surface area (Å²) in [5, 5.41) is 0. The lowest BCUT2D eigenvalue weighted by atomic mass is 9.91. The molecule has 0 aromatic heterocycles. The summed E-state index contributed by atoms with van der Waals surface area (Å²) in [4.78, 5) is 4.50. The molecule has 0 saturated heterocycles. The quantitative estimate of drug-likeness (QED) is 0.634. The number of aliphatic imine (C=N–C) groups is 1. The van der Waals surface area contributed by atoms with Crippen LogP contribution in [0.25, 0.3) is 0 Å². The summed E-state index contributed by atoms with van der Waals surface area (Å²) in [5.41, 5.74) is 5.22. The van der Waals surface area contributed by atoms with Gasteiger partial charge in [0.1, 0.15) is 0 Å². The summed E-state index contributed by atoms with van der Waals surface area (Å²) >= 11 is 0. The zero-order valence-electron chi connectivity index (χ0n) is 11.3. The van der Waals surface area contributed by atoms with Gasteiger partial charge in [-0.3, -0.25) is 4.99 Å². The van der Waals surface area contributed by atoms with Crippen molar-refractivity contribution in [3.8, 4) is 0 Å². The molecule has 1 aromatic rings. The van der Waals surface area contributed by atoms with Gasteiger partial charge in [-0.1, -0.05) is 39.8 Å². The van der Waals surface area contributed by atoms with Crippen LogP contribution in [0.15, 0.2) is 17.1 Å². The molecule has 0 spiro atoms. The minimum atomic E-state index is 0.524. The van der Waals surface area contributed by atoms with E-state index in [0.717, 1.165) is 5.69 Å². The van der Waals surface area contributed by atoms with Crippen LogP contribution in [0.4, 0.5) is 5.69 Å². The van der Waals surface area contributed by atoms with E-state index in [4.69, 9.17) is 0 Å². The second-order valence-corrected chi connectivity index (χ2v) is 4.97. The Hall–Kier alpha value is -1.11. The van der Waals surface area contributed by atoms with Gasteiger partial charge in [0.15, 0.2) is 0 Å². The number of nitrogens with zero attached hydrogens (tertiary/aromatic N) is 1. The van der Waals surface area contributed by atoms with Gasteiger partial charge in [-0.15, -0.1) is 0 Å². The van der Waals surface area contributed by atoms with Crippen LogP contribution < -0.4 is 0 Å². The Balaban J connectivity index is 3.39. The molecule has 0 aliphatic heterocycles. The fourth-order valence-electron chi connectivity index (χ4n) is 1.91. The average molecular weight is 217 g/mol. The summed E-state index contributed by atoms with van der Waals surface area (Å²) in [6.07, 6.45) is 1.88. The highest BCUT2D eigenvalue weighted by atomic mass is 14.7. The van der Waals surface area contributed by atoms with Gasteiger partial charge in [0, 0.05) is 6.21 Å². The maximum absolute atomic E-state index is 4.50. The van der Waals surface area contributed by atoms with E-state index in [0.29, 0.717) is 11.8 Å². The molecule has 1 rings (SSSR count). The van der Waals surface area contributed by atoms with E-state index in [-0.39, 0.29) is 0 Å². The Kier molecular flexibility index (Phi) is 4.28. The van der Waals surface area contributed by atoms with Crippen LogP contribution in [0, 0.1) is 6.92 Å². The third-order valence-corrected chi connectivity index (χ3v) is 2.90. The minimum absolute atomic E-state index is 0.524. The molecule has 0 radical (unpaired) electrons. The Bertz CT molecular complexity index is 387. The van der Waals surface area contributed by atoms with Gasteiger partial charge in [-0.25, -0.2) is 0 Å². The summed E-state index contributed by atoms with van der Waals surface area (Å²) in [5.74, 6) is 1.10. The van der Waals surface area contributed by atoms with Crippen molar-refractivity contribution in [1.29, 1.82) is 0 Å². The average Bonchev–Trinajstić information content (AvgIpc) is 2.20. The molecule has 0 bridgehead atoms. The monoisotopic (exact) mass is 217 g/mol. The van der Waals surface area contributed by atoms with Gasteiger partial charge in [0.25, 0.3) is 0 Å². The maximum atomic E-state index is 4.50. The molecule has 88 valence electrons. The molecule has 1 aromatic carbocycles. The van der Waals surface area contributed by atoms with E-state index in [2.05, 4.69) is 51.7 Å². The molecule has 0 fully saturated rings. The lowest BCUT2D eigenvalue weighted by Crippen LogP contribution is -1.96. The van der Waals surface area contributed by atoms with E-state index in [1.165, 1.54) is 16.7 Å². The first kappa shape index (κ1) is 13.0. The SMILES string of the molecule is C/C=N\c1c(C)cc(C(C)C)cc1C(C)C. The normalized spacial score (nSPS) is 12.0. The van der Waals surface area contributed by atoms with E-state index in [1.807, 2.05) is 13.1 Å². The van der Waals surface area contributed by atoms with Crippen molar-refractivity contribution in [2.75, 3.05) is 0 Å². The van der Waals surface area contributed by atoms with Crippen LogP contribution >= 0.6 is 0 Å². The Labute approximate surface area is 99.6 Å². The standard InChI is InChI=1S/C15H23N/c1-7-16-15-12(6)8-13(10(2)3)9-14(15)11(4)5/h7-11H,1-6H3/b16-7-. The first-order valence-corrected chi connectivity index (χ1v) is 6.10. The molecule has 0 unspecified atom stereocenters. The molecule has 0 amide bonds. The number of hydrogen-bond donors (Lipinski definition) is 0. The van der Waals surface area contributed by atoms with Crippen molar-refractivity contribution in [3.63, 3.8) is 0 Å². The van der Waals surface area contributed by atoms with Crippen molar-refractivity contribution >= 4 is 11.9 Å². The molecule has 1 heteroatoms. The first-order valence-electron chi connectivity index (χ1n) is 6.10. The van der Waals surface area contributed by atoms with Crippen LogP contribution in [0.5, 0.6) is 0 Å². The lowest BCUT2D eigenvalue weighted by molar-refractivity contribution is 0.831. The molecular weight excluding hydrogens is 194 g/mol. The second-order valence-electron chi connectivity index (χ2n) is 4.97. The van der Waals surface area contributed by atoms with Crippen LogP contribution in [0.3, 0.4) is 0 Å². The Morgan fingerprint density at radius 3 is 2.12 bits per heavy atom. The van der Waals surface area contributed by atoms with Gasteiger partial charge >= 0.3 is 0 Å². The molecule has 0 aliphatic carbocycles. The minimum Gasteiger partial charge on any atom is -0.261 e. The molecule has 0 N–H and O–H groups in total. The van der Waals surface area contributed by atoms with Gasteiger partial charge in [-0.05, 0) is 42.4 Å². The number of aryl methyl sites for hydroxylation is 1. The molecular formula is C15H23N. The Morgan fingerprint density at radius 1 is 1.06 bits per heavy atom. The number of rotatable bonds is 3. The third kappa shape index (κ3) is 2.72. The molecule has 1 nitrogen and oxygen atoms in total. The predicted molar refractivity (Wildman–Crippen MR) is 73.2 cm³/mol. The highest BCUT2D eigenvalue weighted by Crippen LogP contribution is 2.33. The zero-order chi connectivity index (χ0) is 12.3. The summed E-state index contributed by atoms with van der Waals surface area (Å²) in [6.45, 7) is 13.1. The fourth-order valence-corrected chi connectivity index (χ4v) is 1.91. The van der Waals surface area contributed by atoms with Gasteiger partial charge in [-0.2, -0.15) is 0 Å². The smallest absolute Gasteiger partial charge is 0.0689 e. The van der Waals surface area contributed by atoms with Crippen LogP contribution in [0.1, 0.15) is 63.1 Å². The fraction of sp³-hybridized carbons (Fsp3) is 0.533. The summed E-state index contributed by atoms with van der Waals surface area (Å²) in [6, 6.07) is 4.57. The maximum Gasteiger partial charge on any atom is 0.0689 e. The van der Waals surface area contributed by atoms with Crippen molar-refractivity contribution in [3.05, 3.63) is 28.8 Å². The predicted octanol–water partition coefficient (Wildman–Crippen LogP) is 4.96. The van der Waals surface area contributed by atoms with E-state index < -0.39 is 0 Å². The van der Waals surface area contributed by atoms with Crippen molar-refractivity contribution in [2.45, 2.75) is 53.4 Å². The highest BCUT2D eigenvalue weighted by molar-refractivity contribution is 5.66. The van der Waals surface area contributed by atoms with E-state index in [9.17, 15) is 0 Å². The van der Waals surface area contributed by atoms with Gasteiger partial charge in [0.05, 0.1) is 5.69 Å². The van der Waals surface area contributed by atoms with Crippen molar-refractivity contribution < 1.29 is 0 Å². The number of hydrogen-bond acceptors (Lipinski definition) is 1. The third-order valence-electron chi connectivity index (χ3n) is 2.90. The van der Waals surface area contributed by atoms with Gasteiger partial charge < -0.3 is 0 Å². The van der Waals surface area contributed by atoms with Crippen LogP contribution in [0.2, 0.25) is 0 Å². The van der Waals surface area contributed by atoms with E-state index >= 15 is 0 Å². The van der Waals surface area contributed by atoms with Gasteiger partial charge in [0.2, 0.25) is 0 Å². The van der Waals surface area contributed by atoms with Crippen molar-refractivity contribution in [2.24, 2.45) is 4.99 Å². The topological polar surface area (TPSA) is 12.4 Å². The van der Waals surface area contributed by atoms with Crippen molar-refractivity contribution in [1.82, 2.24) is 0 Å². The Morgan fingerprint density at radius 2 is 1.69 bits per heavy atom.